The lowest BCUT2D eigenvalue weighted by Gasteiger charge is -2.02. The zero-order valence-corrected chi connectivity index (χ0v) is 14.0. The largest absolute Gasteiger partial charge is 0.497 e. The molecule has 24 heavy (non-hydrogen) atoms. The summed E-state index contributed by atoms with van der Waals surface area (Å²) in [5, 5.41) is 8.80. The zero-order valence-electron chi connectivity index (χ0n) is 13.2. The predicted molar refractivity (Wildman–Crippen MR) is 94.5 cm³/mol. The van der Waals surface area contributed by atoms with Crippen LogP contribution in [0.4, 0.5) is 0 Å². The Hall–Kier alpha value is -2.73. The molecule has 4 aromatic rings. The molecular formula is C18H16N4OS. The van der Waals surface area contributed by atoms with Gasteiger partial charge < -0.3 is 4.74 Å². The van der Waals surface area contributed by atoms with Gasteiger partial charge in [-0.05, 0) is 41.6 Å². The van der Waals surface area contributed by atoms with Crippen molar-refractivity contribution in [2.75, 3.05) is 7.11 Å². The van der Waals surface area contributed by atoms with Crippen molar-refractivity contribution in [3.63, 3.8) is 0 Å². The molecule has 0 radical (unpaired) electrons. The second-order valence-electron chi connectivity index (χ2n) is 5.43. The molecule has 1 aromatic carbocycles. The number of benzene rings is 1. The predicted octanol–water partition coefficient (Wildman–Crippen LogP) is 3.65. The Balaban J connectivity index is 1.57. The maximum absolute atomic E-state index is 5.18. The number of aryl methyl sites for hydroxylation is 2. The first kappa shape index (κ1) is 14.8. The first-order valence-corrected chi connectivity index (χ1v) is 8.64. The highest BCUT2D eigenvalue weighted by Crippen LogP contribution is 2.22. The highest BCUT2D eigenvalue weighted by atomic mass is 32.1. The third-order valence-corrected chi connectivity index (χ3v) is 4.58. The number of nitrogens with zero attached hydrogens (tertiary/aromatic N) is 4. The van der Waals surface area contributed by atoms with E-state index in [1.54, 1.807) is 24.6 Å². The van der Waals surface area contributed by atoms with Gasteiger partial charge >= 0.3 is 0 Å². The van der Waals surface area contributed by atoms with E-state index in [1.807, 2.05) is 22.7 Å². The second-order valence-corrected chi connectivity index (χ2v) is 6.21. The van der Waals surface area contributed by atoms with Crippen LogP contribution in [0.25, 0.3) is 17.0 Å². The molecule has 0 saturated heterocycles. The monoisotopic (exact) mass is 336 g/mol. The highest BCUT2D eigenvalue weighted by Gasteiger charge is 2.10. The quantitative estimate of drug-likeness (QED) is 0.558. The van der Waals surface area contributed by atoms with Crippen LogP contribution in [0.5, 0.6) is 5.75 Å². The summed E-state index contributed by atoms with van der Waals surface area (Å²) >= 11 is 1.67. The van der Waals surface area contributed by atoms with Gasteiger partial charge in [0.25, 0.3) is 5.78 Å². The van der Waals surface area contributed by atoms with E-state index in [4.69, 9.17) is 4.74 Å². The average Bonchev–Trinajstić information content (AvgIpc) is 3.29. The van der Waals surface area contributed by atoms with Crippen molar-refractivity contribution in [2.45, 2.75) is 12.8 Å². The summed E-state index contributed by atoms with van der Waals surface area (Å²) in [7, 11) is 1.67. The van der Waals surface area contributed by atoms with Gasteiger partial charge in [0.05, 0.1) is 12.8 Å². The Morgan fingerprint density at radius 3 is 2.71 bits per heavy atom. The third kappa shape index (κ3) is 2.88. The van der Waals surface area contributed by atoms with Crippen molar-refractivity contribution in [1.82, 2.24) is 19.6 Å². The Kier molecular flexibility index (Phi) is 3.96. The first-order valence-electron chi connectivity index (χ1n) is 7.69. The average molecular weight is 336 g/mol. The lowest BCUT2D eigenvalue weighted by Crippen LogP contribution is -1.96. The Morgan fingerprint density at radius 2 is 1.96 bits per heavy atom. The molecule has 0 amide bonds. The lowest BCUT2D eigenvalue weighted by atomic mass is 10.1. The van der Waals surface area contributed by atoms with Gasteiger partial charge in [-0.15, -0.1) is 5.10 Å². The Morgan fingerprint density at radius 1 is 1.08 bits per heavy atom. The van der Waals surface area contributed by atoms with Gasteiger partial charge in [-0.25, -0.2) is 4.98 Å². The number of rotatable bonds is 5. The van der Waals surface area contributed by atoms with E-state index < -0.39 is 0 Å². The minimum absolute atomic E-state index is 0.642. The maximum atomic E-state index is 5.18. The van der Waals surface area contributed by atoms with E-state index in [0.29, 0.717) is 5.78 Å². The van der Waals surface area contributed by atoms with Crippen LogP contribution in [0.1, 0.15) is 11.4 Å². The van der Waals surface area contributed by atoms with Gasteiger partial charge in [0, 0.05) is 23.6 Å². The molecule has 5 nitrogen and oxygen atoms in total. The molecule has 6 heteroatoms. The van der Waals surface area contributed by atoms with Crippen LogP contribution in [0, 0.1) is 0 Å². The van der Waals surface area contributed by atoms with Gasteiger partial charge in [-0.2, -0.15) is 20.8 Å². The van der Waals surface area contributed by atoms with E-state index in [9.17, 15) is 0 Å². The molecular weight excluding hydrogens is 320 g/mol. The summed E-state index contributed by atoms with van der Waals surface area (Å²) in [5.74, 6) is 2.32. The topological polar surface area (TPSA) is 52.3 Å². The van der Waals surface area contributed by atoms with Crippen molar-refractivity contribution in [2.24, 2.45) is 0 Å². The molecule has 120 valence electrons. The standard InChI is InChI=1S/C18H16N4OS/c1-23-15-5-2-13(3-6-15)4-7-17-20-18-19-10-8-16(22(18)21-17)14-9-11-24-12-14/h2-3,5-6,8-12H,4,7H2,1H3. The van der Waals surface area contributed by atoms with Gasteiger partial charge in [-0.3, -0.25) is 0 Å². The highest BCUT2D eigenvalue weighted by molar-refractivity contribution is 7.08. The molecule has 0 unspecified atom stereocenters. The van der Waals surface area contributed by atoms with Gasteiger partial charge in [0.1, 0.15) is 5.75 Å². The van der Waals surface area contributed by atoms with E-state index >= 15 is 0 Å². The fourth-order valence-corrected chi connectivity index (χ4v) is 3.27. The van der Waals surface area contributed by atoms with Crippen LogP contribution < -0.4 is 4.74 Å². The van der Waals surface area contributed by atoms with Crippen LogP contribution in [0.3, 0.4) is 0 Å². The van der Waals surface area contributed by atoms with Crippen LogP contribution in [0.2, 0.25) is 0 Å². The van der Waals surface area contributed by atoms with Crippen LogP contribution in [-0.2, 0) is 12.8 Å². The normalized spacial score (nSPS) is 11.0. The van der Waals surface area contributed by atoms with E-state index in [2.05, 4.69) is 44.0 Å². The summed E-state index contributed by atoms with van der Waals surface area (Å²) in [6, 6.07) is 12.1. The third-order valence-electron chi connectivity index (χ3n) is 3.90. The molecule has 0 bridgehead atoms. The molecule has 0 aliphatic rings. The summed E-state index contributed by atoms with van der Waals surface area (Å²) in [6.45, 7) is 0. The molecule has 0 saturated carbocycles. The van der Waals surface area contributed by atoms with Crippen LogP contribution in [0.15, 0.2) is 53.4 Å². The minimum atomic E-state index is 0.642. The number of methoxy groups -OCH3 is 1. The van der Waals surface area contributed by atoms with Crippen molar-refractivity contribution < 1.29 is 4.74 Å². The smallest absolute Gasteiger partial charge is 0.252 e. The van der Waals surface area contributed by atoms with Gasteiger partial charge in [-0.1, -0.05) is 12.1 Å². The molecule has 0 fully saturated rings. The minimum Gasteiger partial charge on any atom is -0.497 e. The van der Waals surface area contributed by atoms with Crippen molar-refractivity contribution >= 4 is 17.1 Å². The number of ether oxygens (including phenoxy) is 1. The summed E-state index contributed by atoms with van der Waals surface area (Å²) in [5.41, 5.74) is 3.39. The van der Waals surface area contributed by atoms with Crippen molar-refractivity contribution in [1.29, 1.82) is 0 Å². The molecule has 3 aromatic heterocycles. The van der Waals surface area contributed by atoms with E-state index in [0.717, 1.165) is 35.7 Å². The van der Waals surface area contributed by atoms with Crippen LogP contribution in [-0.4, -0.2) is 26.7 Å². The fourth-order valence-electron chi connectivity index (χ4n) is 2.62. The second kappa shape index (κ2) is 6.41. The van der Waals surface area contributed by atoms with Crippen molar-refractivity contribution in [3.05, 3.63) is 64.7 Å². The summed E-state index contributed by atoms with van der Waals surface area (Å²) in [4.78, 5) is 8.88. The fraction of sp³-hybridized carbons (Fsp3) is 0.167. The Labute approximate surface area is 143 Å². The summed E-state index contributed by atoms with van der Waals surface area (Å²) in [6.07, 6.45) is 3.44. The number of hydrogen-bond acceptors (Lipinski definition) is 5. The molecule has 0 spiro atoms. The molecule has 4 rings (SSSR count). The molecule has 0 aliphatic heterocycles. The maximum Gasteiger partial charge on any atom is 0.252 e. The summed E-state index contributed by atoms with van der Waals surface area (Å²) < 4.78 is 7.01. The number of thiophene rings is 1. The SMILES string of the molecule is COc1ccc(CCc2nc3nccc(-c4ccsc4)n3n2)cc1. The van der Waals surface area contributed by atoms with Crippen molar-refractivity contribution in [3.8, 4) is 17.0 Å². The van der Waals surface area contributed by atoms with Gasteiger partial charge in [0.2, 0.25) is 0 Å². The molecule has 0 aliphatic carbocycles. The van der Waals surface area contributed by atoms with Crippen LogP contribution >= 0.6 is 11.3 Å². The Bertz CT molecular complexity index is 945. The number of fused-ring (bicyclic) bond motifs is 1. The van der Waals surface area contributed by atoms with E-state index in [1.165, 1.54) is 5.56 Å². The first-order chi connectivity index (χ1) is 11.8. The van der Waals surface area contributed by atoms with E-state index in [-0.39, 0.29) is 0 Å². The number of hydrogen-bond donors (Lipinski definition) is 0. The number of aromatic nitrogens is 4. The molecule has 0 N–H and O–H groups in total. The molecule has 0 atom stereocenters. The molecule has 3 heterocycles. The lowest BCUT2D eigenvalue weighted by molar-refractivity contribution is 0.414. The zero-order chi connectivity index (χ0) is 16.4. The van der Waals surface area contributed by atoms with Gasteiger partial charge in [0.15, 0.2) is 5.82 Å².